The standard InChI is InChI=1S/C25H24ClFN2O3/c1-16(25(30)31)13-29-11-10-23-18(14-29)6-8-22(28-23)17-7-9-24(20(26)12-17)32-15-19-4-2-3-5-21(19)27/h2-9,12,16H,10-11,13-15H2,1H3,(H,30,31). The fraction of sp³-hybridized carbons (Fsp3) is 0.280. The van der Waals surface area contributed by atoms with Crippen LogP contribution < -0.4 is 4.74 Å². The first-order valence-electron chi connectivity index (χ1n) is 10.5. The Morgan fingerprint density at radius 2 is 2.06 bits per heavy atom. The molecule has 5 nitrogen and oxygen atoms in total. The van der Waals surface area contributed by atoms with Crippen LogP contribution in [0.3, 0.4) is 0 Å². The minimum absolute atomic E-state index is 0.0971. The van der Waals surface area contributed by atoms with Crippen molar-refractivity contribution < 1.29 is 19.0 Å². The van der Waals surface area contributed by atoms with Gasteiger partial charge in [-0.05, 0) is 35.9 Å². The first-order valence-corrected chi connectivity index (χ1v) is 10.9. The Morgan fingerprint density at radius 3 is 2.81 bits per heavy atom. The summed E-state index contributed by atoms with van der Waals surface area (Å²) in [5.41, 5.74) is 4.30. The molecule has 1 atom stereocenters. The number of halogens is 2. The summed E-state index contributed by atoms with van der Waals surface area (Å²) >= 11 is 6.42. The van der Waals surface area contributed by atoms with Gasteiger partial charge in [-0.1, -0.05) is 42.8 Å². The second-order valence-electron chi connectivity index (χ2n) is 8.05. The number of hydrogen-bond acceptors (Lipinski definition) is 4. The van der Waals surface area contributed by atoms with Crippen LogP contribution in [-0.4, -0.2) is 34.0 Å². The van der Waals surface area contributed by atoms with E-state index in [0.717, 1.165) is 35.5 Å². The minimum Gasteiger partial charge on any atom is -0.487 e. The molecule has 1 N–H and O–H groups in total. The summed E-state index contributed by atoms with van der Waals surface area (Å²) < 4.78 is 19.5. The molecule has 0 saturated heterocycles. The maximum Gasteiger partial charge on any atom is 0.307 e. The number of carbonyl (C=O) groups is 1. The van der Waals surface area contributed by atoms with Crippen LogP contribution in [0.2, 0.25) is 5.02 Å². The van der Waals surface area contributed by atoms with E-state index < -0.39 is 11.9 Å². The zero-order valence-electron chi connectivity index (χ0n) is 17.7. The molecule has 0 fully saturated rings. The number of rotatable bonds is 7. The van der Waals surface area contributed by atoms with Gasteiger partial charge in [-0.15, -0.1) is 0 Å². The summed E-state index contributed by atoms with van der Waals surface area (Å²) in [6, 6.07) is 15.9. The van der Waals surface area contributed by atoms with Crippen molar-refractivity contribution in [2.24, 2.45) is 5.92 Å². The van der Waals surface area contributed by atoms with Gasteiger partial charge in [0.1, 0.15) is 18.2 Å². The van der Waals surface area contributed by atoms with E-state index in [1.807, 2.05) is 18.2 Å². The van der Waals surface area contributed by atoms with Crippen LogP contribution in [0.5, 0.6) is 5.75 Å². The van der Waals surface area contributed by atoms with Crippen LogP contribution in [0.15, 0.2) is 54.6 Å². The number of benzene rings is 2. The fourth-order valence-corrected chi connectivity index (χ4v) is 4.04. The van der Waals surface area contributed by atoms with Gasteiger partial charge in [-0.25, -0.2) is 4.39 Å². The topological polar surface area (TPSA) is 62.7 Å². The molecule has 0 amide bonds. The second-order valence-corrected chi connectivity index (χ2v) is 8.46. The van der Waals surface area contributed by atoms with E-state index in [9.17, 15) is 9.18 Å². The first-order chi connectivity index (χ1) is 15.4. The highest BCUT2D eigenvalue weighted by atomic mass is 35.5. The predicted octanol–water partition coefficient (Wildman–Crippen LogP) is 5.20. The van der Waals surface area contributed by atoms with Crippen molar-refractivity contribution in [3.63, 3.8) is 0 Å². The zero-order valence-corrected chi connectivity index (χ0v) is 18.5. The molecule has 1 aliphatic heterocycles. The molecule has 1 aromatic heterocycles. The molecule has 0 radical (unpaired) electrons. The maximum atomic E-state index is 13.8. The smallest absolute Gasteiger partial charge is 0.307 e. The highest BCUT2D eigenvalue weighted by molar-refractivity contribution is 6.32. The van der Waals surface area contributed by atoms with Crippen molar-refractivity contribution in [2.75, 3.05) is 13.1 Å². The second kappa shape index (κ2) is 9.67. The van der Waals surface area contributed by atoms with E-state index >= 15 is 0 Å². The third-order valence-electron chi connectivity index (χ3n) is 5.65. The third-order valence-corrected chi connectivity index (χ3v) is 5.94. The summed E-state index contributed by atoms with van der Waals surface area (Å²) in [7, 11) is 0. The molecule has 3 aromatic rings. The number of aromatic nitrogens is 1. The fourth-order valence-electron chi connectivity index (χ4n) is 3.80. The monoisotopic (exact) mass is 454 g/mol. The Balaban J connectivity index is 1.45. The van der Waals surface area contributed by atoms with E-state index in [1.165, 1.54) is 6.07 Å². The Morgan fingerprint density at radius 1 is 1.25 bits per heavy atom. The number of nitrogens with zero attached hydrogens (tertiary/aromatic N) is 2. The Hall–Kier alpha value is -2.96. The average molecular weight is 455 g/mol. The SMILES string of the molecule is CC(CN1CCc2nc(-c3ccc(OCc4ccccc4F)c(Cl)c3)ccc2C1)C(=O)O. The van der Waals surface area contributed by atoms with E-state index in [2.05, 4.69) is 4.90 Å². The average Bonchev–Trinajstić information content (AvgIpc) is 2.78. The van der Waals surface area contributed by atoms with E-state index in [-0.39, 0.29) is 12.4 Å². The highest BCUT2D eigenvalue weighted by Crippen LogP contribution is 2.31. The van der Waals surface area contributed by atoms with Gasteiger partial charge >= 0.3 is 5.97 Å². The molecule has 0 saturated carbocycles. The normalized spacial score (nSPS) is 14.6. The number of hydrogen-bond donors (Lipinski definition) is 1. The lowest BCUT2D eigenvalue weighted by Crippen LogP contribution is -2.36. The lowest BCUT2D eigenvalue weighted by Gasteiger charge is -2.29. The van der Waals surface area contributed by atoms with Crippen LogP contribution in [0.1, 0.15) is 23.7 Å². The Bertz CT molecular complexity index is 1140. The molecule has 0 bridgehead atoms. The third kappa shape index (κ3) is 5.09. The summed E-state index contributed by atoms with van der Waals surface area (Å²) in [5, 5.41) is 9.58. The molecule has 4 rings (SSSR count). The van der Waals surface area contributed by atoms with Crippen LogP contribution in [-0.2, 0) is 24.4 Å². The number of carboxylic acid groups (broad SMARTS) is 1. The van der Waals surface area contributed by atoms with Gasteiger partial charge in [-0.2, -0.15) is 0 Å². The number of pyridine rings is 1. The Labute approximate surface area is 191 Å². The van der Waals surface area contributed by atoms with Gasteiger partial charge in [-0.3, -0.25) is 14.7 Å². The summed E-state index contributed by atoms with van der Waals surface area (Å²) in [6.07, 6.45) is 0.771. The van der Waals surface area contributed by atoms with Crippen LogP contribution in [0.4, 0.5) is 4.39 Å². The molecule has 2 aromatic carbocycles. The molecular formula is C25H24ClFN2O3. The van der Waals surface area contributed by atoms with Crippen molar-refractivity contribution in [3.8, 4) is 17.0 Å². The first kappa shape index (κ1) is 22.2. The molecule has 0 aliphatic carbocycles. The van der Waals surface area contributed by atoms with Gasteiger partial charge in [0.05, 0.1) is 16.6 Å². The van der Waals surface area contributed by atoms with E-state index in [0.29, 0.717) is 29.4 Å². The summed E-state index contributed by atoms with van der Waals surface area (Å²) in [6.45, 7) is 3.83. The molecule has 166 valence electrons. The van der Waals surface area contributed by atoms with E-state index in [1.54, 1.807) is 37.3 Å². The predicted molar refractivity (Wildman–Crippen MR) is 121 cm³/mol. The van der Waals surface area contributed by atoms with Crippen molar-refractivity contribution in [1.29, 1.82) is 0 Å². The zero-order chi connectivity index (χ0) is 22.7. The van der Waals surface area contributed by atoms with Crippen LogP contribution in [0.25, 0.3) is 11.3 Å². The van der Waals surface area contributed by atoms with Crippen LogP contribution in [0, 0.1) is 11.7 Å². The summed E-state index contributed by atoms with van der Waals surface area (Å²) in [5.74, 6) is -0.998. The van der Waals surface area contributed by atoms with Gasteiger partial charge in [0.2, 0.25) is 0 Å². The van der Waals surface area contributed by atoms with Gasteiger partial charge < -0.3 is 9.84 Å². The van der Waals surface area contributed by atoms with Crippen molar-refractivity contribution in [2.45, 2.75) is 26.5 Å². The highest BCUT2D eigenvalue weighted by Gasteiger charge is 2.22. The molecule has 7 heteroatoms. The van der Waals surface area contributed by atoms with Crippen molar-refractivity contribution in [1.82, 2.24) is 9.88 Å². The molecular weight excluding hydrogens is 431 g/mol. The van der Waals surface area contributed by atoms with E-state index in [4.69, 9.17) is 26.4 Å². The molecule has 0 spiro atoms. The Kier molecular flexibility index (Phi) is 6.72. The van der Waals surface area contributed by atoms with Gasteiger partial charge in [0, 0.05) is 42.9 Å². The molecule has 32 heavy (non-hydrogen) atoms. The summed E-state index contributed by atoms with van der Waals surface area (Å²) in [4.78, 5) is 18.1. The molecule has 1 unspecified atom stereocenters. The minimum atomic E-state index is -0.775. The lowest BCUT2D eigenvalue weighted by atomic mass is 10.0. The maximum absolute atomic E-state index is 13.8. The van der Waals surface area contributed by atoms with Crippen molar-refractivity contribution >= 4 is 17.6 Å². The quantitative estimate of drug-likeness (QED) is 0.531. The molecule has 1 aliphatic rings. The number of carboxylic acids is 1. The van der Waals surface area contributed by atoms with Gasteiger partial charge in [0.25, 0.3) is 0 Å². The number of aliphatic carboxylic acids is 1. The number of ether oxygens (including phenoxy) is 1. The van der Waals surface area contributed by atoms with Crippen LogP contribution >= 0.6 is 11.6 Å². The largest absolute Gasteiger partial charge is 0.487 e. The number of fused-ring (bicyclic) bond motifs is 1. The van der Waals surface area contributed by atoms with Crippen molar-refractivity contribution in [3.05, 3.63) is 82.3 Å². The molecule has 2 heterocycles. The van der Waals surface area contributed by atoms with Gasteiger partial charge in [0.15, 0.2) is 0 Å². The lowest BCUT2D eigenvalue weighted by molar-refractivity contribution is -0.141.